The van der Waals surface area contributed by atoms with E-state index < -0.39 is 5.97 Å². The molecule has 4 nitrogen and oxygen atoms in total. The molecule has 0 atom stereocenters. The van der Waals surface area contributed by atoms with Crippen LogP contribution in [-0.2, 0) is 4.79 Å². The first-order valence-electron chi connectivity index (χ1n) is 3.53. The number of carbonyl (C=O) groups excluding carboxylic acids is 1. The Morgan fingerprint density at radius 1 is 1.69 bits per heavy atom. The third-order valence-corrected chi connectivity index (χ3v) is 2.04. The summed E-state index contributed by atoms with van der Waals surface area (Å²) in [5.41, 5.74) is 0.0377. The number of carboxylic acids is 1. The summed E-state index contributed by atoms with van der Waals surface area (Å²) in [5.74, 6) is -1.04. The Labute approximate surface area is 78.5 Å². The van der Waals surface area contributed by atoms with Crippen LogP contribution in [0.3, 0.4) is 0 Å². The van der Waals surface area contributed by atoms with E-state index in [0.717, 1.165) is 6.29 Å². The van der Waals surface area contributed by atoms with Crippen LogP contribution in [-0.4, -0.2) is 22.3 Å². The van der Waals surface area contributed by atoms with Crippen LogP contribution in [0.25, 0.3) is 6.08 Å². The van der Waals surface area contributed by atoms with E-state index in [0.29, 0.717) is 11.4 Å². The molecule has 1 heterocycles. The van der Waals surface area contributed by atoms with Crippen LogP contribution in [0.5, 0.6) is 0 Å². The van der Waals surface area contributed by atoms with Gasteiger partial charge in [0, 0.05) is 11.8 Å². The molecule has 0 aliphatic rings. The Morgan fingerprint density at radius 2 is 2.46 bits per heavy atom. The predicted molar refractivity (Wildman–Crippen MR) is 48.8 cm³/mol. The quantitative estimate of drug-likeness (QED) is 0.741. The topological polar surface area (TPSA) is 67.3 Å². The van der Waals surface area contributed by atoms with Gasteiger partial charge in [0.1, 0.15) is 11.3 Å². The number of hydrogen-bond acceptors (Lipinski definition) is 4. The molecule has 0 aliphatic carbocycles. The van der Waals surface area contributed by atoms with Crippen molar-refractivity contribution in [2.75, 3.05) is 0 Å². The van der Waals surface area contributed by atoms with Crippen molar-refractivity contribution in [3.05, 3.63) is 22.2 Å². The van der Waals surface area contributed by atoms with Crippen molar-refractivity contribution in [3.8, 4) is 0 Å². The van der Waals surface area contributed by atoms with Gasteiger partial charge in [-0.25, -0.2) is 9.78 Å². The van der Waals surface area contributed by atoms with E-state index >= 15 is 0 Å². The lowest BCUT2D eigenvalue weighted by molar-refractivity contribution is -0.107. The van der Waals surface area contributed by atoms with Crippen LogP contribution in [0.1, 0.15) is 21.9 Å². The third kappa shape index (κ3) is 2.79. The molecule has 0 bridgehead atoms. The Bertz CT molecular complexity index is 343. The third-order valence-electron chi connectivity index (χ3n) is 1.23. The molecule has 0 unspecified atom stereocenters. The zero-order chi connectivity index (χ0) is 9.68. The highest BCUT2D eigenvalue weighted by Crippen LogP contribution is 2.11. The second-order valence-electron chi connectivity index (χ2n) is 2.18. The van der Waals surface area contributed by atoms with Crippen LogP contribution >= 0.6 is 11.3 Å². The van der Waals surface area contributed by atoms with E-state index in [1.165, 1.54) is 16.7 Å². The molecule has 0 fully saturated rings. The number of aromatic nitrogens is 1. The molecule has 0 spiro atoms. The average molecular weight is 197 g/mol. The zero-order valence-corrected chi connectivity index (χ0v) is 7.45. The summed E-state index contributed by atoms with van der Waals surface area (Å²) < 4.78 is 0. The van der Waals surface area contributed by atoms with E-state index in [2.05, 4.69) is 4.98 Å². The van der Waals surface area contributed by atoms with E-state index in [9.17, 15) is 9.59 Å². The molecular weight excluding hydrogens is 190 g/mol. The monoisotopic (exact) mass is 197 g/mol. The number of rotatable bonds is 4. The lowest BCUT2D eigenvalue weighted by Gasteiger charge is -1.81. The standard InChI is InChI=1S/C8H7NO3S/c10-4-2-1-3-7-9-6(5-13-7)8(11)12/h1,3-5H,2H2,(H,11,12). The molecule has 13 heavy (non-hydrogen) atoms. The molecule has 1 aromatic heterocycles. The van der Waals surface area contributed by atoms with Gasteiger partial charge in [0.25, 0.3) is 0 Å². The summed E-state index contributed by atoms with van der Waals surface area (Å²) in [6.07, 6.45) is 4.35. The minimum absolute atomic E-state index is 0.0377. The second kappa shape index (κ2) is 4.51. The molecule has 0 saturated heterocycles. The number of thiazole rings is 1. The summed E-state index contributed by atoms with van der Waals surface area (Å²) in [7, 11) is 0. The van der Waals surface area contributed by atoms with Crippen LogP contribution in [0.15, 0.2) is 11.5 Å². The van der Waals surface area contributed by atoms with Gasteiger partial charge in [0.05, 0.1) is 0 Å². The van der Waals surface area contributed by atoms with Crippen molar-refractivity contribution in [1.29, 1.82) is 0 Å². The highest BCUT2D eigenvalue weighted by molar-refractivity contribution is 7.10. The number of carboxylic acid groups (broad SMARTS) is 1. The molecule has 5 heteroatoms. The van der Waals surface area contributed by atoms with Crippen molar-refractivity contribution in [1.82, 2.24) is 4.98 Å². The van der Waals surface area contributed by atoms with Gasteiger partial charge in [-0.1, -0.05) is 6.08 Å². The minimum atomic E-state index is -1.04. The number of aldehydes is 1. The van der Waals surface area contributed by atoms with Crippen molar-refractivity contribution in [2.24, 2.45) is 0 Å². The Morgan fingerprint density at radius 3 is 3.00 bits per heavy atom. The van der Waals surface area contributed by atoms with Gasteiger partial charge in [0.2, 0.25) is 0 Å². The van der Waals surface area contributed by atoms with Crippen LogP contribution < -0.4 is 0 Å². The molecule has 0 aliphatic heterocycles. The van der Waals surface area contributed by atoms with Gasteiger partial charge in [-0.2, -0.15) is 0 Å². The molecule has 0 saturated carbocycles. The van der Waals surface area contributed by atoms with Gasteiger partial charge < -0.3 is 9.90 Å². The maximum Gasteiger partial charge on any atom is 0.355 e. The second-order valence-corrected chi connectivity index (χ2v) is 3.07. The lowest BCUT2D eigenvalue weighted by atomic mass is 10.4. The smallest absolute Gasteiger partial charge is 0.355 e. The van der Waals surface area contributed by atoms with Gasteiger partial charge in [0.15, 0.2) is 5.69 Å². The Balaban J connectivity index is 2.69. The highest BCUT2D eigenvalue weighted by Gasteiger charge is 2.05. The van der Waals surface area contributed by atoms with Crippen molar-refractivity contribution in [2.45, 2.75) is 6.42 Å². The van der Waals surface area contributed by atoms with Crippen LogP contribution in [0.4, 0.5) is 0 Å². The Kier molecular flexibility index (Phi) is 3.33. The highest BCUT2D eigenvalue weighted by atomic mass is 32.1. The number of aromatic carboxylic acids is 1. The molecule has 1 aromatic rings. The van der Waals surface area contributed by atoms with Gasteiger partial charge in [-0.3, -0.25) is 0 Å². The normalized spacial score (nSPS) is 10.5. The van der Waals surface area contributed by atoms with Crippen molar-refractivity contribution >= 4 is 29.7 Å². The zero-order valence-electron chi connectivity index (χ0n) is 6.64. The molecule has 1 rings (SSSR count). The van der Waals surface area contributed by atoms with Gasteiger partial charge in [-0.15, -0.1) is 11.3 Å². The largest absolute Gasteiger partial charge is 0.476 e. The van der Waals surface area contributed by atoms with E-state index in [1.54, 1.807) is 12.2 Å². The van der Waals surface area contributed by atoms with E-state index in [-0.39, 0.29) is 5.69 Å². The van der Waals surface area contributed by atoms with Crippen LogP contribution in [0.2, 0.25) is 0 Å². The molecular formula is C8H7NO3S. The van der Waals surface area contributed by atoms with Gasteiger partial charge in [-0.05, 0) is 6.08 Å². The molecule has 0 amide bonds. The van der Waals surface area contributed by atoms with E-state index in [4.69, 9.17) is 5.11 Å². The summed E-state index contributed by atoms with van der Waals surface area (Å²) in [4.78, 5) is 24.2. The molecule has 1 N–H and O–H groups in total. The maximum absolute atomic E-state index is 10.4. The molecule has 0 radical (unpaired) electrons. The lowest BCUT2D eigenvalue weighted by Crippen LogP contribution is -1.95. The first-order valence-corrected chi connectivity index (χ1v) is 4.41. The first-order chi connectivity index (χ1) is 6.24. The fraction of sp³-hybridized carbons (Fsp3) is 0.125. The predicted octanol–water partition coefficient (Wildman–Crippen LogP) is 1.44. The average Bonchev–Trinajstić information content (AvgIpc) is 2.53. The van der Waals surface area contributed by atoms with Crippen LogP contribution in [0, 0.1) is 0 Å². The number of hydrogen-bond donors (Lipinski definition) is 1. The number of nitrogens with zero attached hydrogens (tertiary/aromatic N) is 1. The summed E-state index contributed by atoms with van der Waals surface area (Å²) >= 11 is 1.23. The summed E-state index contributed by atoms with van der Waals surface area (Å²) in [6.45, 7) is 0. The maximum atomic E-state index is 10.4. The van der Waals surface area contributed by atoms with E-state index in [1.807, 2.05) is 0 Å². The van der Waals surface area contributed by atoms with Crippen molar-refractivity contribution < 1.29 is 14.7 Å². The summed E-state index contributed by atoms with van der Waals surface area (Å²) in [6, 6.07) is 0. The Hall–Kier alpha value is -1.49. The fourth-order valence-corrected chi connectivity index (χ4v) is 1.40. The molecule has 68 valence electrons. The summed E-state index contributed by atoms with van der Waals surface area (Å²) in [5, 5.41) is 10.6. The minimum Gasteiger partial charge on any atom is -0.476 e. The number of allylic oxidation sites excluding steroid dienone is 1. The number of carbonyl (C=O) groups is 2. The SMILES string of the molecule is O=CCC=Cc1nc(C(=O)O)cs1. The van der Waals surface area contributed by atoms with Gasteiger partial charge >= 0.3 is 5.97 Å². The molecule has 0 aromatic carbocycles. The first kappa shape index (κ1) is 9.60. The van der Waals surface area contributed by atoms with Crippen molar-refractivity contribution in [3.63, 3.8) is 0 Å². The fourth-order valence-electron chi connectivity index (χ4n) is 0.687.